The Labute approximate surface area is 183 Å². The molecule has 1 spiro atoms. The summed E-state index contributed by atoms with van der Waals surface area (Å²) in [7, 11) is 0. The molecule has 5 rings (SSSR count). The number of esters is 1. The van der Waals surface area contributed by atoms with E-state index in [-0.39, 0.29) is 47.1 Å². The number of aliphatic hydroxyl groups is 1. The molecule has 2 unspecified atom stereocenters. The molecule has 8 atom stereocenters. The summed E-state index contributed by atoms with van der Waals surface area (Å²) in [6, 6.07) is 0. The number of hydrogen-bond donors (Lipinski definition) is 1. The Hall–Kier alpha value is -1.79. The number of epoxide rings is 1. The molecule has 4 fully saturated rings. The van der Waals surface area contributed by atoms with Crippen LogP contribution in [0.25, 0.3) is 0 Å². The Morgan fingerprint density at radius 2 is 2.03 bits per heavy atom. The van der Waals surface area contributed by atoms with Gasteiger partial charge in [-0.3, -0.25) is 14.4 Å². The Balaban J connectivity index is 1.60. The van der Waals surface area contributed by atoms with E-state index in [1.165, 1.54) is 0 Å². The molecule has 1 saturated heterocycles. The molecule has 31 heavy (non-hydrogen) atoms. The first-order chi connectivity index (χ1) is 14.6. The van der Waals surface area contributed by atoms with Gasteiger partial charge in [-0.25, -0.2) is 0 Å². The number of carbonyl (C=O) groups is 3. The Morgan fingerprint density at radius 3 is 2.71 bits per heavy atom. The van der Waals surface area contributed by atoms with Crippen molar-refractivity contribution in [1.29, 1.82) is 0 Å². The number of allylic oxidation sites excluding steroid dienone is 2. The number of Topliss-reactive ketones (excluding diaryl/α,β-unsaturated/α-hetero) is 1. The standard InChI is InChI=1S/C25H32O6/c1-5-21(29)31-24(19(28)13-26)14(2)10-18-17-7-6-15-11-16(27)8-9-22(15,3)25(17)20(30-25)12-23(18,24)4/h8-9,11,14,17-18,20,26H,5-7,10,12-13H2,1-4H3/t14?,17-,18-,20?,22-,23-,24-,25-/m0/s1. The maximum atomic E-state index is 13.2. The molecule has 0 amide bonds. The van der Waals surface area contributed by atoms with Crippen LogP contribution in [0.2, 0.25) is 0 Å². The first-order valence-corrected chi connectivity index (χ1v) is 11.6. The van der Waals surface area contributed by atoms with Gasteiger partial charge >= 0.3 is 5.97 Å². The van der Waals surface area contributed by atoms with E-state index >= 15 is 0 Å². The highest BCUT2D eigenvalue weighted by Crippen LogP contribution is 2.76. The summed E-state index contributed by atoms with van der Waals surface area (Å²) in [4.78, 5) is 37.7. The lowest BCUT2D eigenvalue weighted by molar-refractivity contribution is -0.193. The van der Waals surface area contributed by atoms with Gasteiger partial charge in [0, 0.05) is 23.2 Å². The maximum Gasteiger partial charge on any atom is 0.306 e. The molecule has 3 saturated carbocycles. The van der Waals surface area contributed by atoms with Crippen LogP contribution in [0.1, 0.15) is 59.8 Å². The molecule has 0 bridgehead atoms. The van der Waals surface area contributed by atoms with Gasteiger partial charge < -0.3 is 14.6 Å². The number of ketones is 2. The molecular weight excluding hydrogens is 396 g/mol. The topological polar surface area (TPSA) is 93.2 Å². The molecular formula is C25H32O6. The van der Waals surface area contributed by atoms with Gasteiger partial charge in [0.15, 0.2) is 11.4 Å². The molecule has 1 aliphatic heterocycles. The summed E-state index contributed by atoms with van der Waals surface area (Å²) in [6.07, 6.45) is 8.65. The summed E-state index contributed by atoms with van der Waals surface area (Å²) < 4.78 is 12.5. The van der Waals surface area contributed by atoms with Gasteiger partial charge in [-0.2, -0.15) is 0 Å². The Kier molecular flexibility index (Phi) is 4.34. The van der Waals surface area contributed by atoms with Gasteiger partial charge in [-0.15, -0.1) is 0 Å². The van der Waals surface area contributed by atoms with Crippen LogP contribution in [0, 0.1) is 28.6 Å². The van der Waals surface area contributed by atoms with Crippen LogP contribution in [0.15, 0.2) is 23.8 Å². The van der Waals surface area contributed by atoms with Crippen LogP contribution >= 0.6 is 0 Å². The van der Waals surface area contributed by atoms with Crippen molar-refractivity contribution in [1.82, 2.24) is 0 Å². The van der Waals surface area contributed by atoms with Crippen molar-refractivity contribution in [3.63, 3.8) is 0 Å². The number of fused-ring (bicyclic) bond motifs is 3. The minimum Gasteiger partial charge on any atom is -0.450 e. The fourth-order valence-electron chi connectivity index (χ4n) is 8.21. The van der Waals surface area contributed by atoms with Crippen molar-refractivity contribution in [3.8, 4) is 0 Å². The molecule has 6 nitrogen and oxygen atoms in total. The zero-order chi connectivity index (χ0) is 22.4. The van der Waals surface area contributed by atoms with E-state index in [9.17, 15) is 19.5 Å². The first kappa shape index (κ1) is 21.1. The van der Waals surface area contributed by atoms with E-state index < -0.39 is 29.4 Å². The van der Waals surface area contributed by atoms with E-state index in [1.807, 2.05) is 13.0 Å². The molecule has 5 aliphatic rings. The van der Waals surface area contributed by atoms with E-state index in [1.54, 1.807) is 19.1 Å². The fourth-order valence-corrected chi connectivity index (χ4v) is 8.21. The lowest BCUT2D eigenvalue weighted by atomic mass is 9.46. The third-order valence-corrected chi connectivity index (χ3v) is 9.59. The molecule has 0 aromatic carbocycles. The predicted molar refractivity (Wildman–Crippen MR) is 112 cm³/mol. The second-order valence-electron chi connectivity index (χ2n) is 10.7. The summed E-state index contributed by atoms with van der Waals surface area (Å²) in [5, 5.41) is 9.88. The minimum absolute atomic E-state index is 0.0358. The highest BCUT2D eigenvalue weighted by Gasteiger charge is 2.82. The molecule has 0 aromatic rings. The Morgan fingerprint density at radius 1 is 1.29 bits per heavy atom. The van der Waals surface area contributed by atoms with Crippen LogP contribution in [0.4, 0.5) is 0 Å². The van der Waals surface area contributed by atoms with Crippen molar-refractivity contribution < 1.29 is 29.0 Å². The van der Waals surface area contributed by atoms with Crippen LogP contribution < -0.4 is 0 Å². The van der Waals surface area contributed by atoms with E-state index in [0.717, 1.165) is 24.8 Å². The lowest BCUT2D eigenvalue weighted by Crippen LogP contribution is -2.63. The molecule has 1 heterocycles. The van der Waals surface area contributed by atoms with E-state index in [0.29, 0.717) is 6.42 Å². The Bertz CT molecular complexity index is 934. The molecule has 4 aliphatic carbocycles. The highest BCUT2D eigenvalue weighted by molar-refractivity contribution is 6.01. The average molecular weight is 429 g/mol. The number of hydrogen-bond acceptors (Lipinski definition) is 6. The van der Waals surface area contributed by atoms with E-state index in [2.05, 4.69) is 13.8 Å². The van der Waals surface area contributed by atoms with E-state index in [4.69, 9.17) is 9.47 Å². The summed E-state index contributed by atoms with van der Waals surface area (Å²) in [5.41, 5.74) is -1.48. The van der Waals surface area contributed by atoms with Crippen LogP contribution in [0.3, 0.4) is 0 Å². The van der Waals surface area contributed by atoms with Crippen molar-refractivity contribution in [2.45, 2.75) is 77.1 Å². The lowest BCUT2D eigenvalue weighted by Gasteiger charge is -2.56. The maximum absolute atomic E-state index is 13.2. The summed E-state index contributed by atoms with van der Waals surface area (Å²) in [5.74, 6) is -0.614. The van der Waals surface area contributed by atoms with Gasteiger partial charge in [0.2, 0.25) is 5.78 Å². The normalized spacial score (nSPS) is 49.3. The summed E-state index contributed by atoms with van der Waals surface area (Å²) in [6.45, 7) is 7.31. The zero-order valence-corrected chi connectivity index (χ0v) is 18.8. The SMILES string of the molecule is CCC(=O)O[C@]1(C(=O)CO)C(C)C[C@H]2[C@@H]3CCC4=CC(=O)C=C[C@]4(C)[C@]34OC4C[C@@]21C. The number of aliphatic hydroxyl groups excluding tert-OH is 1. The van der Waals surface area contributed by atoms with Crippen molar-refractivity contribution in [2.75, 3.05) is 6.61 Å². The van der Waals surface area contributed by atoms with Crippen molar-refractivity contribution >= 4 is 17.5 Å². The number of ether oxygens (including phenoxy) is 2. The van der Waals surface area contributed by atoms with Crippen molar-refractivity contribution in [2.24, 2.45) is 28.6 Å². The summed E-state index contributed by atoms with van der Waals surface area (Å²) >= 11 is 0. The number of rotatable bonds is 4. The molecule has 168 valence electrons. The predicted octanol–water partition coefficient (Wildman–Crippen LogP) is 2.93. The van der Waals surface area contributed by atoms with Crippen LogP contribution in [0.5, 0.6) is 0 Å². The third kappa shape index (κ3) is 2.28. The van der Waals surface area contributed by atoms with Crippen LogP contribution in [-0.4, -0.2) is 46.6 Å². The monoisotopic (exact) mass is 428 g/mol. The smallest absolute Gasteiger partial charge is 0.306 e. The van der Waals surface area contributed by atoms with Gasteiger partial charge in [-0.1, -0.05) is 32.4 Å². The minimum atomic E-state index is -1.33. The second-order valence-corrected chi connectivity index (χ2v) is 10.7. The quantitative estimate of drug-likeness (QED) is 0.547. The molecule has 0 radical (unpaired) electrons. The van der Waals surface area contributed by atoms with Gasteiger partial charge in [-0.05, 0) is 56.6 Å². The van der Waals surface area contributed by atoms with Crippen LogP contribution in [-0.2, 0) is 23.9 Å². The first-order valence-electron chi connectivity index (χ1n) is 11.6. The highest BCUT2D eigenvalue weighted by atomic mass is 16.6. The van der Waals surface area contributed by atoms with Crippen molar-refractivity contribution in [3.05, 3.63) is 23.8 Å². The third-order valence-electron chi connectivity index (χ3n) is 9.59. The molecule has 1 N–H and O–H groups in total. The van der Waals surface area contributed by atoms with Gasteiger partial charge in [0.1, 0.15) is 12.2 Å². The fraction of sp³-hybridized carbons (Fsp3) is 0.720. The largest absolute Gasteiger partial charge is 0.450 e. The van der Waals surface area contributed by atoms with Gasteiger partial charge in [0.05, 0.1) is 6.10 Å². The molecule has 0 aromatic heterocycles. The second kappa shape index (κ2) is 6.38. The van der Waals surface area contributed by atoms with Gasteiger partial charge in [0.25, 0.3) is 0 Å². The zero-order valence-electron chi connectivity index (χ0n) is 18.8. The average Bonchev–Trinajstić information content (AvgIpc) is 3.41. The molecule has 6 heteroatoms. The number of carbonyl (C=O) groups excluding carboxylic acids is 3.